The molecule has 1 amide bonds. The summed E-state index contributed by atoms with van der Waals surface area (Å²) >= 11 is 0. The predicted octanol–water partition coefficient (Wildman–Crippen LogP) is 1.86. The third-order valence-electron chi connectivity index (χ3n) is 2.92. The van der Waals surface area contributed by atoms with Gasteiger partial charge < -0.3 is 0 Å². The molecule has 0 spiro atoms. The summed E-state index contributed by atoms with van der Waals surface area (Å²) < 4.78 is 39.0. The van der Waals surface area contributed by atoms with Gasteiger partial charge in [0.05, 0.1) is 6.54 Å². The summed E-state index contributed by atoms with van der Waals surface area (Å²) in [6, 6.07) is 7.42. The van der Waals surface area contributed by atoms with Gasteiger partial charge in [-0.05, 0) is 30.7 Å². The number of aryl methyl sites for hydroxylation is 1. The van der Waals surface area contributed by atoms with Crippen molar-refractivity contribution in [2.75, 3.05) is 0 Å². The van der Waals surface area contributed by atoms with Gasteiger partial charge in [0.25, 0.3) is 5.91 Å². The number of halogens is 3. The van der Waals surface area contributed by atoms with Gasteiger partial charge in [-0.3, -0.25) is 14.9 Å². The van der Waals surface area contributed by atoms with Crippen molar-refractivity contribution in [3.05, 3.63) is 52.8 Å². The maximum atomic E-state index is 12.6. The largest absolute Gasteiger partial charge is 0.435 e. The molecule has 112 valence electrons. The van der Waals surface area contributed by atoms with Crippen LogP contribution in [0, 0.1) is 6.92 Å². The van der Waals surface area contributed by atoms with Gasteiger partial charge in [-0.1, -0.05) is 12.1 Å². The Morgan fingerprint density at radius 2 is 2.10 bits per heavy atom. The Balaban J connectivity index is 2.26. The Hall–Kier alpha value is -2.35. The van der Waals surface area contributed by atoms with Gasteiger partial charge in [0.2, 0.25) is 0 Å². The molecular formula is C13H13F3N4O. The minimum absolute atomic E-state index is 0.133. The molecule has 2 aromatic rings. The number of hydrogen-bond donors (Lipinski definition) is 2. The number of aromatic nitrogens is 2. The Bertz CT molecular complexity index is 664. The number of hydrogen-bond acceptors (Lipinski definition) is 3. The normalized spacial score (nSPS) is 11.5. The zero-order valence-corrected chi connectivity index (χ0v) is 11.1. The Morgan fingerprint density at radius 3 is 2.67 bits per heavy atom. The standard InChI is InChI=1S/C13H13F3N4O/c1-8-5-11(13(14,15)16)19-20(8)7-9-3-2-4-10(6-9)12(21)18-17/h2-6H,7,17H2,1H3,(H,18,21). The average molecular weight is 298 g/mol. The molecule has 0 bridgehead atoms. The van der Waals surface area contributed by atoms with E-state index in [9.17, 15) is 18.0 Å². The number of carbonyl (C=O) groups excluding carboxylic acids is 1. The van der Waals surface area contributed by atoms with Crippen LogP contribution in [-0.2, 0) is 12.7 Å². The van der Waals surface area contributed by atoms with E-state index in [2.05, 4.69) is 5.10 Å². The van der Waals surface area contributed by atoms with Crippen molar-refractivity contribution in [2.24, 2.45) is 5.84 Å². The van der Waals surface area contributed by atoms with Crippen LogP contribution in [0.15, 0.2) is 30.3 Å². The van der Waals surface area contributed by atoms with Crippen LogP contribution >= 0.6 is 0 Å². The average Bonchev–Trinajstić information content (AvgIpc) is 2.80. The van der Waals surface area contributed by atoms with Gasteiger partial charge in [0, 0.05) is 11.3 Å². The summed E-state index contributed by atoms with van der Waals surface area (Å²) in [7, 11) is 0. The highest BCUT2D eigenvalue weighted by Crippen LogP contribution is 2.28. The van der Waals surface area contributed by atoms with Crippen LogP contribution < -0.4 is 11.3 Å². The van der Waals surface area contributed by atoms with Gasteiger partial charge >= 0.3 is 6.18 Å². The topological polar surface area (TPSA) is 72.9 Å². The van der Waals surface area contributed by atoms with Crippen molar-refractivity contribution in [3.63, 3.8) is 0 Å². The minimum atomic E-state index is -4.47. The Labute approximate surface area is 118 Å². The Morgan fingerprint density at radius 1 is 1.38 bits per heavy atom. The first-order valence-electron chi connectivity index (χ1n) is 6.03. The fourth-order valence-electron chi connectivity index (χ4n) is 1.88. The van der Waals surface area contributed by atoms with Crippen LogP contribution in [-0.4, -0.2) is 15.7 Å². The lowest BCUT2D eigenvalue weighted by Gasteiger charge is -2.07. The molecule has 0 fully saturated rings. The second-order valence-electron chi connectivity index (χ2n) is 4.50. The number of hydrazine groups is 1. The highest BCUT2D eigenvalue weighted by Gasteiger charge is 2.34. The molecule has 3 N–H and O–H groups in total. The summed E-state index contributed by atoms with van der Waals surface area (Å²) in [5.74, 6) is 4.57. The lowest BCUT2D eigenvalue weighted by atomic mass is 10.1. The molecule has 1 heterocycles. The number of nitrogens with zero attached hydrogens (tertiary/aromatic N) is 2. The van der Waals surface area contributed by atoms with Crippen molar-refractivity contribution >= 4 is 5.91 Å². The van der Waals surface area contributed by atoms with E-state index >= 15 is 0 Å². The molecule has 1 aromatic carbocycles. The van der Waals surface area contributed by atoms with E-state index in [-0.39, 0.29) is 6.54 Å². The van der Waals surface area contributed by atoms with E-state index in [1.807, 2.05) is 5.43 Å². The van der Waals surface area contributed by atoms with Gasteiger partial charge in [-0.15, -0.1) is 0 Å². The molecule has 0 aliphatic carbocycles. The third kappa shape index (κ3) is 3.40. The molecule has 0 aliphatic rings. The molecule has 0 unspecified atom stereocenters. The smallest absolute Gasteiger partial charge is 0.290 e. The van der Waals surface area contributed by atoms with Crippen LogP contribution in [0.1, 0.15) is 27.3 Å². The molecular weight excluding hydrogens is 285 g/mol. The number of benzene rings is 1. The first-order chi connectivity index (χ1) is 9.81. The zero-order valence-electron chi connectivity index (χ0n) is 11.1. The summed E-state index contributed by atoms with van der Waals surface area (Å²) in [5, 5.41) is 3.54. The summed E-state index contributed by atoms with van der Waals surface area (Å²) in [5.41, 5.74) is 2.43. The lowest BCUT2D eigenvalue weighted by molar-refractivity contribution is -0.141. The zero-order chi connectivity index (χ0) is 15.6. The molecule has 0 atom stereocenters. The minimum Gasteiger partial charge on any atom is -0.290 e. The number of nitrogen functional groups attached to an aromatic ring is 1. The van der Waals surface area contributed by atoms with Crippen LogP contribution in [0.25, 0.3) is 0 Å². The molecule has 0 radical (unpaired) electrons. The van der Waals surface area contributed by atoms with Gasteiger partial charge in [0.1, 0.15) is 0 Å². The highest BCUT2D eigenvalue weighted by atomic mass is 19.4. The first kappa shape index (κ1) is 15.0. The summed E-state index contributed by atoms with van der Waals surface area (Å²) in [6.45, 7) is 1.67. The van der Waals surface area contributed by atoms with Gasteiger partial charge in [0.15, 0.2) is 5.69 Å². The number of nitrogens with two attached hydrogens (primary N) is 1. The van der Waals surface area contributed by atoms with E-state index in [1.165, 1.54) is 4.68 Å². The number of nitrogens with one attached hydrogen (secondary N) is 1. The van der Waals surface area contributed by atoms with E-state index in [0.29, 0.717) is 16.8 Å². The maximum absolute atomic E-state index is 12.6. The maximum Gasteiger partial charge on any atom is 0.435 e. The SMILES string of the molecule is Cc1cc(C(F)(F)F)nn1Cc1cccc(C(=O)NN)c1. The number of amides is 1. The van der Waals surface area contributed by atoms with Crippen LogP contribution in [0.5, 0.6) is 0 Å². The van der Waals surface area contributed by atoms with Gasteiger partial charge in [-0.25, -0.2) is 5.84 Å². The fourth-order valence-corrected chi connectivity index (χ4v) is 1.88. The molecule has 21 heavy (non-hydrogen) atoms. The van der Waals surface area contributed by atoms with E-state index in [4.69, 9.17) is 5.84 Å². The van der Waals surface area contributed by atoms with Crippen molar-refractivity contribution in [1.82, 2.24) is 15.2 Å². The lowest BCUT2D eigenvalue weighted by Crippen LogP contribution is -2.30. The number of alkyl halides is 3. The van der Waals surface area contributed by atoms with Gasteiger partial charge in [-0.2, -0.15) is 18.3 Å². The van der Waals surface area contributed by atoms with Crippen LogP contribution in [0.3, 0.4) is 0 Å². The molecule has 0 saturated carbocycles. The van der Waals surface area contributed by atoms with Crippen LogP contribution in [0.2, 0.25) is 0 Å². The number of rotatable bonds is 3. The molecule has 0 aliphatic heterocycles. The molecule has 2 rings (SSSR count). The molecule has 8 heteroatoms. The second kappa shape index (κ2) is 5.57. The molecule has 5 nitrogen and oxygen atoms in total. The molecule has 0 saturated heterocycles. The Kier molecular flexibility index (Phi) is 3.99. The van der Waals surface area contributed by atoms with Crippen molar-refractivity contribution in [1.29, 1.82) is 0 Å². The van der Waals surface area contributed by atoms with Crippen molar-refractivity contribution in [3.8, 4) is 0 Å². The highest BCUT2D eigenvalue weighted by molar-refractivity contribution is 5.93. The fraction of sp³-hybridized carbons (Fsp3) is 0.231. The molecule has 1 aromatic heterocycles. The second-order valence-corrected chi connectivity index (χ2v) is 4.50. The third-order valence-corrected chi connectivity index (χ3v) is 2.92. The van der Waals surface area contributed by atoms with Crippen LogP contribution in [0.4, 0.5) is 13.2 Å². The van der Waals surface area contributed by atoms with Crippen molar-refractivity contribution in [2.45, 2.75) is 19.6 Å². The van der Waals surface area contributed by atoms with Crippen molar-refractivity contribution < 1.29 is 18.0 Å². The predicted molar refractivity (Wildman–Crippen MR) is 69.2 cm³/mol. The van der Waals surface area contributed by atoms with E-state index in [0.717, 1.165) is 6.07 Å². The summed E-state index contributed by atoms with van der Waals surface area (Å²) in [4.78, 5) is 11.4. The van der Waals surface area contributed by atoms with E-state index < -0.39 is 17.8 Å². The monoisotopic (exact) mass is 298 g/mol. The quantitative estimate of drug-likeness (QED) is 0.516. The summed E-state index contributed by atoms with van der Waals surface area (Å²) in [6.07, 6.45) is -4.47. The first-order valence-corrected chi connectivity index (χ1v) is 6.03. The van der Waals surface area contributed by atoms with E-state index in [1.54, 1.807) is 31.2 Å². The number of carbonyl (C=O) groups is 1.